The molecular weight excluding hydrogens is 224 g/mol. The van der Waals surface area contributed by atoms with Gasteiger partial charge in [0.25, 0.3) is 6.43 Å². The van der Waals surface area contributed by atoms with Gasteiger partial charge in [0.05, 0.1) is 5.56 Å². The molecule has 0 bridgehead atoms. The van der Waals surface area contributed by atoms with E-state index in [9.17, 15) is 13.9 Å². The quantitative estimate of drug-likeness (QED) is 0.851. The zero-order valence-electron chi connectivity index (χ0n) is 9.84. The van der Waals surface area contributed by atoms with E-state index >= 15 is 0 Å². The normalized spacial score (nSPS) is 17.5. The fourth-order valence-corrected chi connectivity index (χ4v) is 2.00. The number of hydrogen-bond acceptors (Lipinski definition) is 2. The van der Waals surface area contributed by atoms with Crippen LogP contribution in [0.5, 0.6) is 5.75 Å². The fraction of sp³-hybridized carbons (Fsp3) is 0.538. The third-order valence-corrected chi connectivity index (χ3v) is 3.43. The van der Waals surface area contributed by atoms with Gasteiger partial charge < -0.3 is 10.8 Å². The van der Waals surface area contributed by atoms with Crippen molar-refractivity contribution in [3.63, 3.8) is 0 Å². The molecule has 0 radical (unpaired) electrons. The van der Waals surface area contributed by atoms with Crippen molar-refractivity contribution >= 4 is 0 Å². The number of alkyl halides is 2. The number of aromatic hydroxyl groups is 1. The zero-order valence-corrected chi connectivity index (χ0v) is 9.84. The van der Waals surface area contributed by atoms with Gasteiger partial charge in [-0.15, -0.1) is 0 Å². The lowest BCUT2D eigenvalue weighted by Crippen LogP contribution is -2.22. The van der Waals surface area contributed by atoms with E-state index in [0.717, 1.165) is 24.8 Å². The lowest BCUT2D eigenvalue weighted by atomic mass is 9.99. The van der Waals surface area contributed by atoms with Gasteiger partial charge in [-0.1, -0.05) is 6.07 Å². The Morgan fingerprint density at radius 3 is 2.59 bits per heavy atom. The third kappa shape index (κ3) is 2.75. The molecule has 4 heteroatoms. The van der Waals surface area contributed by atoms with Crippen molar-refractivity contribution in [2.75, 3.05) is 0 Å². The van der Waals surface area contributed by atoms with Crippen molar-refractivity contribution in [3.05, 3.63) is 28.8 Å². The van der Waals surface area contributed by atoms with E-state index in [1.165, 1.54) is 6.07 Å². The molecule has 17 heavy (non-hydrogen) atoms. The van der Waals surface area contributed by atoms with Crippen LogP contribution in [-0.4, -0.2) is 10.6 Å². The van der Waals surface area contributed by atoms with Crippen LogP contribution in [0.2, 0.25) is 0 Å². The minimum Gasteiger partial charge on any atom is -0.507 e. The van der Waals surface area contributed by atoms with Crippen LogP contribution in [0.3, 0.4) is 0 Å². The van der Waals surface area contributed by atoms with Crippen LogP contribution < -0.4 is 5.73 Å². The van der Waals surface area contributed by atoms with Crippen LogP contribution in [0.25, 0.3) is 0 Å². The number of benzene rings is 1. The van der Waals surface area contributed by atoms with Gasteiger partial charge in [-0.25, -0.2) is 8.78 Å². The molecule has 0 aromatic heterocycles. The van der Waals surface area contributed by atoms with E-state index in [4.69, 9.17) is 5.73 Å². The maximum absolute atomic E-state index is 12.7. The van der Waals surface area contributed by atoms with Gasteiger partial charge in [-0.3, -0.25) is 0 Å². The van der Waals surface area contributed by atoms with E-state index in [-0.39, 0.29) is 16.9 Å². The largest absolute Gasteiger partial charge is 0.507 e. The topological polar surface area (TPSA) is 46.2 Å². The van der Waals surface area contributed by atoms with E-state index in [1.807, 2.05) is 0 Å². The minimum absolute atomic E-state index is 0.0726. The van der Waals surface area contributed by atoms with Crippen molar-refractivity contribution in [2.45, 2.75) is 44.6 Å². The average Bonchev–Trinajstić information content (AvgIpc) is 2.98. The summed E-state index contributed by atoms with van der Waals surface area (Å²) in [5, 5.41) is 9.53. The number of nitrogens with two attached hydrogens (primary N) is 1. The molecule has 2 rings (SSSR count). The first-order valence-corrected chi connectivity index (χ1v) is 5.81. The smallest absolute Gasteiger partial charge is 0.267 e. The van der Waals surface area contributed by atoms with Gasteiger partial charge in [0.1, 0.15) is 5.75 Å². The molecule has 1 fully saturated rings. The Hall–Kier alpha value is -1.16. The van der Waals surface area contributed by atoms with Crippen molar-refractivity contribution in [3.8, 4) is 5.75 Å². The molecule has 1 aliphatic rings. The van der Waals surface area contributed by atoms with Crippen LogP contribution in [0.15, 0.2) is 12.1 Å². The zero-order chi connectivity index (χ0) is 12.6. The number of aryl methyl sites for hydroxylation is 2. The second-order valence-corrected chi connectivity index (χ2v) is 5.01. The summed E-state index contributed by atoms with van der Waals surface area (Å²) in [7, 11) is 0. The van der Waals surface area contributed by atoms with E-state index in [0.29, 0.717) is 12.0 Å². The summed E-state index contributed by atoms with van der Waals surface area (Å²) in [4.78, 5) is 0. The molecular formula is C13H17F2NO. The second kappa shape index (κ2) is 4.26. The van der Waals surface area contributed by atoms with Crippen molar-refractivity contribution in [1.29, 1.82) is 0 Å². The van der Waals surface area contributed by atoms with Crippen molar-refractivity contribution in [1.82, 2.24) is 0 Å². The van der Waals surface area contributed by atoms with Gasteiger partial charge in [0.15, 0.2) is 0 Å². The summed E-state index contributed by atoms with van der Waals surface area (Å²) < 4.78 is 25.4. The van der Waals surface area contributed by atoms with Crippen LogP contribution in [-0.2, 0) is 6.42 Å². The first kappa shape index (κ1) is 12.3. The maximum atomic E-state index is 12.7. The molecule has 0 heterocycles. The fourth-order valence-electron chi connectivity index (χ4n) is 2.00. The first-order valence-electron chi connectivity index (χ1n) is 5.81. The molecule has 1 aromatic carbocycles. The lowest BCUT2D eigenvalue weighted by molar-refractivity contribution is 0.147. The Balaban J connectivity index is 2.16. The van der Waals surface area contributed by atoms with Crippen LogP contribution in [0.1, 0.15) is 42.4 Å². The highest BCUT2D eigenvalue weighted by molar-refractivity contribution is 5.43. The minimum atomic E-state index is -2.64. The summed E-state index contributed by atoms with van der Waals surface area (Å²) in [6, 6.07) is 3.14. The number of phenolic OH excluding ortho intramolecular Hbond substituents is 1. The lowest BCUT2D eigenvalue weighted by Gasteiger charge is -2.12. The highest BCUT2D eigenvalue weighted by Crippen LogP contribution is 2.38. The Bertz CT molecular complexity index is 428. The number of hydrogen-bond donors (Lipinski definition) is 2. The highest BCUT2D eigenvalue weighted by Gasteiger charge is 2.37. The first-order chi connectivity index (χ1) is 7.91. The molecule has 0 saturated heterocycles. The Morgan fingerprint density at radius 2 is 2.06 bits per heavy atom. The highest BCUT2D eigenvalue weighted by atomic mass is 19.3. The van der Waals surface area contributed by atoms with Gasteiger partial charge >= 0.3 is 0 Å². The summed E-state index contributed by atoms with van der Waals surface area (Å²) in [6.07, 6.45) is 0.913. The average molecular weight is 241 g/mol. The molecule has 0 aliphatic heterocycles. The Kier molecular flexibility index (Phi) is 3.08. The van der Waals surface area contributed by atoms with Gasteiger partial charge in [-0.2, -0.15) is 0 Å². The Labute approximate surface area is 99.4 Å². The summed E-state index contributed by atoms with van der Waals surface area (Å²) in [5.41, 5.74) is 6.94. The molecule has 3 N–H and O–H groups in total. The predicted molar refractivity (Wildman–Crippen MR) is 62.3 cm³/mol. The monoisotopic (exact) mass is 241 g/mol. The summed E-state index contributed by atoms with van der Waals surface area (Å²) in [6.45, 7) is 1.64. The van der Waals surface area contributed by atoms with E-state index in [2.05, 4.69) is 0 Å². The van der Waals surface area contributed by atoms with E-state index < -0.39 is 6.43 Å². The molecule has 0 amide bonds. The SMILES string of the molecule is Cc1cc(CCC2(N)CC2)cc(C(F)F)c1O. The third-order valence-electron chi connectivity index (χ3n) is 3.43. The van der Waals surface area contributed by atoms with Crippen molar-refractivity contribution < 1.29 is 13.9 Å². The summed E-state index contributed by atoms with van der Waals surface area (Å²) >= 11 is 0. The predicted octanol–water partition coefficient (Wildman–Crippen LogP) is 3.06. The van der Waals surface area contributed by atoms with Gasteiger partial charge in [0.2, 0.25) is 0 Å². The number of halogens is 2. The second-order valence-electron chi connectivity index (χ2n) is 5.01. The van der Waals surface area contributed by atoms with Crippen LogP contribution in [0, 0.1) is 6.92 Å². The van der Waals surface area contributed by atoms with Crippen molar-refractivity contribution in [2.24, 2.45) is 5.73 Å². The van der Waals surface area contributed by atoms with Gasteiger partial charge in [-0.05, 0) is 49.8 Å². The maximum Gasteiger partial charge on any atom is 0.267 e. The van der Waals surface area contributed by atoms with E-state index in [1.54, 1.807) is 13.0 Å². The molecule has 0 atom stereocenters. The Morgan fingerprint density at radius 1 is 1.41 bits per heavy atom. The molecule has 0 spiro atoms. The van der Waals surface area contributed by atoms with Crippen LogP contribution in [0.4, 0.5) is 8.78 Å². The molecule has 2 nitrogen and oxygen atoms in total. The number of rotatable bonds is 4. The van der Waals surface area contributed by atoms with Gasteiger partial charge in [0, 0.05) is 5.54 Å². The standard InChI is InChI=1S/C13H17F2NO/c1-8-6-9(2-3-13(16)4-5-13)7-10(11(8)17)12(14)15/h6-7,12,17H,2-5,16H2,1H3. The van der Waals surface area contributed by atoms with Crippen LogP contribution >= 0.6 is 0 Å². The molecule has 1 aliphatic carbocycles. The summed E-state index contributed by atoms with van der Waals surface area (Å²) in [5.74, 6) is -0.294. The molecule has 1 saturated carbocycles. The number of phenols is 1. The molecule has 0 unspecified atom stereocenters. The molecule has 1 aromatic rings. The molecule has 94 valence electrons.